The van der Waals surface area contributed by atoms with E-state index < -0.39 is 23.8 Å². The molecule has 22 heavy (non-hydrogen) atoms. The number of aliphatic carboxylic acids is 1. The van der Waals surface area contributed by atoms with Crippen molar-refractivity contribution in [1.29, 1.82) is 0 Å². The second-order valence-corrected chi connectivity index (χ2v) is 4.78. The van der Waals surface area contributed by atoms with Gasteiger partial charge < -0.3 is 10.1 Å². The van der Waals surface area contributed by atoms with Gasteiger partial charge in [0, 0.05) is 12.6 Å². The molecule has 1 aromatic carbocycles. The molecule has 3 rings (SSSR count). The number of fused-ring (bicyclic) bond motifs is 1. The summed E-state index contributed by atoms with van der Waals surface area (Å²) in [6.07, 6.45) is 0. The van der Waals surface area contributed by atoms with Crippen LogP contribution in [0.25, 0.3) is 22.6 Å². The normalized spacial score (nSPS) is 11.0. The van der Waals surface area contributed by atoms with Gasteiger partial charge >= 0.3 is 11.7 Å². The zero-order valence-corrected chi connectivity index (χ0v) is 11.6. The molecule has 0 bridgehead atoms. The zero-order chi connectivity index (χ0) is 15.9. The van der Waals surface area contributed by atoms with E-state index >= 15 is 0 Å². The maximum absolute atomic E-state index is 12.2. The molecule has 0 aliphatic carbocycles. The first-order valence-electron chi connectivity index (χ1n) is 6.46. The molecule has 2 aromatic heterocycles. The summed E-state index contributed by atoms with van der Waals surface area (Å²) in [5.74, 6) is -0.788. The average Bonchev–Trinajstić information content (AvgIpc) is 2.95. The van der Waals surface area contributed by atoms with E-state index in [4.69, 9.17) is 5.11 Å². The van der Waals surface area contributed by atoms with Crippen molar-refractivity contribution in [3.05, 3.63) is 51.2 Å². The van der Waals surface area contributed by atoms with Gasteiger partial charge in [0.2, 0.25) is 0 Å². The van der Waals surface area contributed by atoms with E-state index in [-0.39, 0.29) is 11.2 Å². The Morgan fingerprint density at radius 2 is 1.95 bits per heavy atom. The van der Waals surface area contributed by atoms with Crippen LogP contribution in [0.4, 0.5) is 0 Å². The van der Waals surface area contributed by atoms with Crippen LogP contribution in [0.2, 0.25) is 0 Å². The fourth-order valence-electron chi connectivity index (χ4n) is 2.25. The van der Waals surface area contributed by atoms with Crippen LogP contribution in [-0.2, 0) is 18.4 Å². The molecule has 112 valence electrons. The highest BCUT2D eigenvalue weighted by molar-refractivity contribution is 5.77. The summed E-state index contributed by atoms with van der Waals surface area (Å²) in [5, 5.41) is 8.95. The van der Waals surface area contributed by atoms with Gasteiger partial charge in [-0.3, -0.25) is 18.7 Å². The van der Waals surface area contributed by atoms with Gasteiger partial charge in [0.05, 0.1) is 0 Å². The molecular formula is C14H12N4O4. The molecule has 8 heteroatoms. The molecule has 0 atom stereocenters. The number of nitrogens with zero attached hydrogens (tertiary/aromatic N) is 3. The van der Waals surface area contributed by atoms with Crippen LogP contribution in [0.3, 0.4) is 0 Å². The second-order valence-electron chi connectivity index (χ2n) is 4.78. The maximum atomic E-state index is 12.2. The van der Waals surface area contributed by atoms with Crippen LogP contribution < -0.4 is 11.2 Å². The SMILES string of the molecule is Cn1c(=O)c2[nH]c(-c3ccccc3)nc2n(CC(=O)O)c1=O. The number of nitrogens with one attached hydrogen (secondary N) is 1. The predicted octanol–water partition coefficient (Wildman–Crippen LogP) is 0.175. The van der Waals surface area contributed by atoms with Crippen molar-refractivity contribution in [2.24, 2.45) is 7.05 Å². The van der Waals surface area contributed by atoms with Crippen LogP contribution in [-0.4, -0.2) is 30.2 Å². The summed E-state index contributed by atoms with van der Waals surface area (Å²) in [7, 11) is 1.30. The molecule has 0 saturated carbocycles. The first-order chi connectivity index (χ1) is 10.5. The van der Waals surface area contributed by atoms with Gasteiger partial charge in [-0.05, 0) is 0 Å². The minimum Gasteiger partial charge on any atom is -0.480 e. The largest absolute Gasteiger partial charge is 0.480 e. The summed E-state index contributed by atoms with van der Waals surface area (Å²) in [5.41, 5.74) is -0.394. The highest BCUT2D eigenvalue weighted by atomic mass is 16.4. The molecule has 2 N–H and O–H groups in total. The number of carboxylic acid groups (broad SMARTS) is 1. The van der Waals surface area contributed by atoms with Crippen molar-refractivity contribution in [2.45, 2.75) is 6.54 Å². The molecule has 0 amide bonds. The number of imidazole rings is 1. The molecule has 8 nitrogen and oxygen atoms in total. The Balaban J connectivity index is 2.36. The molecule has 0 spiro atoms. The lowest BCUT2D eigenvalue weighted by molar-refractivity contribution is -0.137. The summed E-state index contributed by atoms with van der Waals surface area (Å²) >= 11 is 0. The number of aromatic nitrogens is 4. The fourth-order valence-corrected chi connectivity index (χ4v) is 2.25. The van der Waals surface area contributed by atoms with Gasteiger partial charge in [-0.15, -0.1) is 0 Å². The Morgan fingerprint density at radius 3 is 2.59 bits per heavy atom. The first-order valence-corrected chi connectivity index (χ1v) is 6.46. The van der Waals surface area contributed by atoms with Crippen LogP contribution in [0, 0.1) is 0 Å². The third-order valence-electron chi connectivity index (χ3n) is 3.32. The van der Waals surface area contributed by atoms with E-state index in [9.17, 15) is 14.4 Å². The van der Waals surface area contributed by atoms with Gasteiger partial charge in [0.15, 0.2) is 5.65 Å². The standard InChI is InChI=1S/C14H12N4O4/c1-17-13(21)10-12(18(14(17)22)7-9(19)20)16-11(15-10)8-5-3-2-4-6-8/h2-6H,7H2,1H3,(H,15,16)(H,19,20). The van der Waals surface area contributed by atoms with Crippen molar-refractivity contribution in [1.82, 2.24) is 19.1 Å². The topological polar surface area (TPSA) is 110 Å². The fraction of sp³-hybridized carbons (Fsp3) is 0.143. The Morgan fingerprint density at radius 1 is 1.27 bits per heavy atom. The molecular weight excluding hydrogens is 288 g/mol. The number of rotatable bonds is 3. The predicted molar refractivity (Wildman–Crippen MR) is 78.7 cm³/mol. The summed E-state index contributed by atoms with van der Waals surface area (Å²) in [6, 6.07) is 9.05. The van der Waals surface area contributed by atoms with Gasteiger partial charge in [-0.25, -0.2) is 9.78 Å². The number of H-pyrrole nitrogens is 1. The lowest BCUT2D eigenvalue weighted by Crippen LogP contribution is -2.39. The number of carboxylic acids is 1. The summed E-state index contributed by atoms with van der Waals surface area (Å²) in [6.45, 7) is -0.567. The molecule has 0 radical (unpaired) electrons. The van der Waals surface area contributed by atoms with E-state index in [1.165, 1.54) is 7.05 Å². The quantitative estimate of drug-likeness (QED) is 0.716. The van der Waals surface area contributed by atoms with E-state index in [2.05, 4.69) is 9.97 Å². The third-order valence-corrected chi connectivity index (χ3v) is 3.32. The average molecular weight is 300 g/mol. The van der Waals surface area contributed by atoms with Crippen LogP contribution in [0.15, 0.2) is 39.9 Å². The lowest BCUT2D eigenvalue weighted by atomic mass is 10.2. The molecule has 0 fully saturated rings. The molecule has 0 unspecified atom stereocenters. The molecule has 3 aromatic rings. The van der Waals surface area contributed by atoms with Crippen molar-refractivity contribution >= 4 is 17.1 Å². The third kappa shape index (κ3) is 2.10. The van der Waals surface area contributed by atoms with Crippen molar-refractivity contribution < 1.29 is 9.90 Å². The molecule has 0 saturated heterocycles. The minimum absolute atomic E-state index is 0.0364. The van der Waals surface area contributed by atoms with Crippen LogP contribution in [0.5, 0.6) is 0 Å². The van der Waals surface area contributed by atoms with Gasteiger partial charge in [-0.1, -0.05) is 30.3 Å². The number of hydrogen-bond donors (Lipinski definition) is 2. The monoisotopic (exact) mass is 300 g/mol. The molecule has 2 heterocycles. The number of aromatic amines is 1. The Kier molecular flexibility index (Phi) is 3.13. The second kappa shape index (κ2) is 4.99. The highest BCUT2D eigenvalue weighted by Gasteiger charge is 2.17. The molecule has 0 aliphatic rings. The lowest BCUT2D eigenvalue weighted by Gasteiger charge is -2.05. The number of carbonyl (C=O) groups is 1. The van der Waals surface area contributed by atoms with Gasteiger partial charge in [0.25, 0.3) is 5.56 Å². The first kappa shape index (κ1) is 13.8. The summed E-state index contributed by atoms with van der Waals surface area (Å²) < 4.78 is 1.82. The van der Waals surface area contributed by atoms with E-state index in [1.807, 2.05) is 18.2 Å². The minimum atomic E-state index is -1.19. The zero-order valence-electron chi connectivity index (χ0n) is 11.6. The van der Waals surface area contributed by atoms with Crippen molar-refractivity contribution in [3.8, 4) is 11.4 Å². The van der Waals surface area contributed by atoms with E-state index in [0.29, 0.717) is 5.82 Å². The Bertz CT molecular complexity index is 982. The van der Waals surface area contributed by atoms with Gasteiger partial charge in [0.1, 0.15) is 17.9 Å². The number of hydrogen-bond acceptors (Lipinski definition) is 4. The van der Waals surface area contributed by atoms with E-state index in [0.717, 1.165) is 14.7 Å². The Labute approximate surface area is 123 Å². The summed E-state index contributed by atoms with van der Waals surface area (Å²) in [4.78, 5) is 42.3. The maximum Gasteiger partial charge on any atom is 0.333 e. The van der Waals surface area contributed by atoms with Crippen molar-refractivity contribution in [2.75, 3.05) is 0 Å². The number of benzene rings is 1. The van der Waals surface area contributed by atoms with Crippen LogP contribution in [0.1, 0.15) is 0 Å². The smallest absolute Gasteiger partial charge is 0.333 e. The highest BCUT2D eigenvalue weighted by Crippen LogP contribution is 2.17. The van der Waals surface area contributed by atoms with Crippen molar-refractivity contribution in [3.63, 3.8) is 0 Å². The Hall–Kier alpha value is -3.16. The van der Waals surface area contributed by atoms with E-state index in [1.54, 1.807) is 12.1 Å². The van der Waals surface area contributed by atoms with Gasteiger partial charge in [-0.2, -0.15) is 0 Å². The van der Waals surface area contributed by atoms with Crippen LogP contribution >= 0.6 is 0 Å². The molecule has 0 aliphatic heterocycles.